The van der Waals surface area contributed by atoms with Crippen LogP contribution in [0, 0.1) is 79.4 Å². The molecule has 4 heteroatoms. The molecule has 10 aromatic carbocycles. The van der Waals surface area contributed by atoms with Gasteiger partial charge in [-0.25, -0.2) is 0 Å². The molecule has 0 amide bonds. The number of halogens is 3. The van der Waals surface area contributed by atoms with Gasteiger partial charge in [0.25, 0.3) is 0 Å². The van der Waals surface area contributed by atoms with Gasteiger partial charge in [-0.15, -0.1) is 13.2 Å². The van der Waals surface area contributed by atoms with E-state index in [1.807, 2.05) is 0 Å². The molecule has 0 radical (unpaired) electrons. The Morgan fingerprint density at radius 2 is 0.536 bits per heavy atom. The summed E-state index contributed by atoms with van der Waals surface area (Å²) < 4.78 is 39.5. The predicted molar refractivity (Wildman–Crippen MR) is 489 cm³/mol. The van der Waals surface area contributed by atoms with Gasteiger partial charge in [0.15, 0.2) is 0 Å². The molecular weight excluding hydrogens is 1370 g/mol. The summed E-state index contributed by atoms with van der Waals surface area (Å²) >= 11 is 0. The Kier molecular flexibility index (Phi) is 37.7. The minimum absolute atomic E-state index is 0.117. The highest BCUT2D eigenvalue weighted by molar-refractivity contribution is 5.83. The number of fused-ring (bicyclic) bond motifs is 1. The van der Waals surface area contributed by atoms with Gasteiger partial charge in [-0.3, -0.25) is 0 Å². The first-order valence-corrected chi connectivity index (χ1v) is 41.0. The first kappa shape index (κ1) is 98.2. The molecule has 0 saturated carbocycles. The Labute approximate surface area is 683 Å². The van der Waals surface area contributed by atoms with Gasteiger partial charge in [0.2, 0.25) is 0 Å². The zero-order chi connectivity index (χ0) is 85.1. The van der Waals surface area contributed by atoms with E-state index in [4.69, 9.17) is 0 Å². The van der Waals surface area contributed by atoms with Crippen LogP contribution in [0.15, 0.2) is 231 Å². The van der Waals surface area contributed by atoms with Crippen molar-refractivity contribution in [3.05, 3.63) is 314 Å². The summed E-state index contributed by atoms with van der Waals surface area (Å²) in [5.74, 6) is -0.176. The van der Waals surface area contributed by atoms with Crippen LogP contribution in [-0.4, -0.2) is 6.36 Å². The maximum absolute atomic E-state index is 11.9. The summed E-state index contributed by atoms with van der Waals surface area (Å²) in [5, 5.41) is 2.65. The number of hydrogen-bond donors (Lipinski definition) is 0. The first-order valence-electron chi connectivity index (χ1n) is 41.0. The minimum Gasteiger partial charge on any atom is -0.406 e. The molecule has 0 heterocycles. The molecular formula is C108H151F3O. The van der Waals surface area contributed by atoms with Crippen LogP contribution in [0.4, 0.5) is 13.2 Å². The lowest BCUT2D eigenvalue weighted by Gasteiger charge is -2.21. The monoisotopic (exact) mass is 1520 g/mol. The van der Waals surface area contributed by atoms with Crippen molar-refractivity contribution in [1.29, 1.82) is 0 Å². The summed E-state index contributed by atoms with van der Waals surface area (Å²) in [6.07, 6.45) is 3.13. The summed E-state index contributed by atoms with van der Waals surface area (Å²) in [6.45, 7) is 73.8. The SMILES string of the molecule is CC(C)(C)Cc1ccc(-c2ccccc2)cc1.CC(C)(C)Cc1ccc(C(C)(C)C)cc1.CC(C)(C)Cc1ccc(OC(F)(F)F)cc1.CC(C)(C)Cc1ccccc1.CC(C)(C)c1ccc2ccccc2c1.Cc1ccc(C)c(CC(C)(C)C)c1.Cc1ccc(CC(C)(C)C)cc1C.Cc1ccc(CC(C)(C)C)cc1C. The van der Waals surface area contributed by atoms with E-state index in [0.717, 1.165) is 44.1 Å². The fourth-order valence-electron chi connectivity index (χ4n) is 12.7. The van der Waals surface area contributed by atoms with E-state index in [1.54, 1.807) is 12.1 Å². The maximum Gasteiger partial charge on any atom is 0.573 e. The molecule has 0 aliphatic heterocycles. The molecule has 0 spiro atoms. The maximum atomic E-state index is 11.9. The number of alkyl halides is 3. The highest BCUT2D eigenvalue weighted by Gasteiger charge is 2.31. The molecule has 0 aliphatic rings. The molecule has 0 aromatic heterocycles. The number of ether oxygens (including phenoxy) is 1. The van der Waals surface area contributed by atoms with Crippen molar-refractivity contribution in [1.82, 2.24) is 0 Å². The van der Waals surface area contributed by atoms with Crippen molar-refractivity contribution >= 4 is 10.8 Å². The van der Waals surface area contributed by atoms with Gasteiger partial charge in [0.05, 0.1) is 0 Å². The molecule has 0 N–H and O–H groups in total. The lowest BCUT2D eigenvalue weighted by molar-refractivity contribution is -0.274. The van der Waals surface area contributed by atoms with E-state index in [9.17, 15) is 13.2 Å². The standard InChI is InChI=1S/C17H20.C15H24.C14H16.3C13H20.C12H15F3O.C11H16/c1-17(2,3)13-14-9-11-16(12-10-14)15-7-5-4-6-8-15;1-14(2,3)11-12-7-9-13(10-8-12)15(4,5)6;1-14(2,3)13-9-8-11-6-4-5-7-12(11)10-13;2*1-10-6-7-12(8-11(10)2)9-13(3,4)5;1-10-6-7-11(2)12(8-10)9-13(3,4)5;1-11(2,3)8-9-4-6-10(7-5-9)16-12(13,14)15;1-11(2,3)9-10-7-5-4-6-8-10/h4-12H,13H2,1-3H3;7-10H,11H2,1-6H3;4-10H,1-3H3;3*6-8H,9H2,1-5H3;4-7H,8H2,1-3H3;4-8H,9H2,1-3H3. The Hall–Kier alpha value is -7.95. The fourth-order valence-corrected chi connectivity index (χ4v) is 12.7. The average molecular weight is 1520 g/mol. The second-order valence-corrected chi connectivity index (χ2v) is 41.9. The van der Waals surface area contributed by atoms with Crippen molar-refractivity contribution < 1.29 is 17.9 Å². The van der Waals surface area contributed by atoms with Crippen LogP contribution in [0.2, 0.25) is 0 Å². The molecule has 0 unspecified atom stereocenters. The van der Waals surface area contributed by atoms with E-state index in [0.29, 0.717) is 32.5 Å². The number of hydrogen-bond acceptors (Lipinski definition) is 1. The van der Waals surface area contributed by atoms with Crippen LogP contribution in [0.1, 0.15) is 270 Å². The summed E-state index contributed by atoms with van der Waals surface area (Å²) in [7, 11) is 0. The summed E-state index contributed by atoms with van der Waals surface area (Å²) in [5.41, 5.74) is 26.4. The van der Waals surface area contributed by atoms with E-state index < -0.39 is 6.36 Å². The van der Waals surface area contributed by atoms with Gasteiger partial charge in [0, 0.05) is 0 Å². The van der Waals surface area contributed by atoms with Crippen LogP contribution in [0.25, 0.3) is 21.9 Å². The van der Waals surface area contributed by atoms with Crippen molar-refractivity contribution in [2.75, 3.05) is 0 Å². The Morgan fingerprint density at radius 1 is 0.232 bits per heavy atom. The van der Waals surface area contributed by atoms with Gasteiger partial charge in [0.1, 0.15) is 5.75 Å². The van der Waals surface area contributed by atoms with Crippen LogP contribution < -0.4 is 4.74 Å². The van der Waals surface area contributed by atoms with Crippen LogP contribution in [0.5, 0.6) is 5.75 Å². The number of rotatable bonds is 9. The van der Waals surface area contributed by atoms with Gasteiger partial charge in [-0.2, -0.15) is 0 Å². The first-order chi connectivity index (χ1) is 51.2. The van der Waals surface area contributed by atoms with Gasteiger partial charge in [-0.05, 0) is 247 Å². The normalized spacial score (nSPS) is 12.0. The van der Waals surface area contributed by atoms with Crippen LogP contribution in [0.3, 0.4) is 0 Å². The highest BCUT2D eigenvalue weighted by atomic mass is 19.4. The summed E-state index contributed by atoms with van der Waals surface area (Å²) in [6, 6.07) is 80.6. The molecule has 1 nitrogen and oxygen atoms in total. The zero-order valence-electron chi connectivity index (χ0n) is 76.4. The van der Waals surface area contributed by atoms with Crippen molar-refractivity contribution in [3.63, 3.8) is 0 Å². The average Bonchev–Trinajstić information content (AvgIpc) is 0.820. The fraction of sp³-hybridized carbons (Fsp3) is 0.463. The highest BCUT2D eigenvalue weighted by Crippen LogP contribution is 2.32. The van der Waals surface area contributed by atoms with E-state index in [2.05, 4.69) is 439 Å². The van der Waals surface area contributed by atoms with Crippen molar-refractivity contribution in [3.8, 4) is 16.9 Å². The number of benzene rings is 10. The van der Waals surface area contributed by atoms with E-state index in [-0.39, 0.29) is 22.0 Å². The molecule has 112 heavy (non-hydrogen) atoms. The predicted octanol–water partition coefficient (Wildman–Crippen LogP) is 32.8. The molecule has 10 rings (SSSR count). The quantitative estimate of drug-likeness (QED) is 0.140. The molecule has 0 saturated heterocycles. The lowest BCUT2D eigenvalue weighted by Crippen LogP contribution is -2.17. The van der Waals surface area contributed by atoms with Gasteiger partial charge >= 0.3 is 6.36 Å². The minimum atomic E-state index is -4.62. The van der Waals surface area contributed by atoms with Gasteiger partial charge in [-0.1, -0.05) is 411 Å². The molecule has 610 valence electrons. The molecule has 0 bridgehead atoms. The smallest absolute Gasteiger partial charge is 0.406 e. The second kappa shape index (κ2) is 43.0. The molecule has 10 aromatic rings. The number of aryl methyl sites for hydroxylation is 6. The molecule has 0 aliphatic carbocycles. The Bertz CT molecular complexity index is 4210. The lowest BCUT2D eigenvalue weighted by atomic mass is 9.84. The molecule has 0 fully saturated rings. The Balaban J connectivity index is 0.000000333. The third kappa shape index (κ3) is 44.5. The largest absolute Gasteiger partial charge is 0.573 e. The van der Waals surface area contributed by atoms with Crippen LogP contribution in [-0.2, 0) is 55.8 Å². The van der Waals surface area contributed by atoms with Crippen LogP contribution >= 0.6 is 0 Å². The summed E-state index contributed by atoms with van der Waals surface area (Å²) in [4.78, 5) is 0. The van der Waals surface area contributed by atoms with E-state index in [1.165, 1.54) is 118 Å². The third-order valence-electron chi connectivity index (χ3n) is 18.3. The Morgan fingerprint density at radius 3 is 0.902 bits per heavy atom. The molecule has 0 atom stereocenters. The topological polar surface area (TPSA) is 9.23 Å². The third-order valence-corrected chi connectivity index (χ3v) is 18.3. The zero-order valence-corrected chi connectivity index (χ0v) is 76.4. The van der Waals surface area contributed by atoms with Crippen molar-refractivity contribution in [2.24, 2.45) is 37.9 Å². The van der Waals surface area contributed by atoms with Crippen molar-refractivity contribution in [2.45, 2.75) is 291 Å². The van der Waals surface area contributed by atoms with Gasteiger partial charge < -0.3 is 4.74 Å². The van der Waals surface area contributed by atoms with E-state index >= 15 is 0 Å². The second-order valence-electron chi connectivity index (χ2n) is 41.9.